The highest BCUT2D eigenvalue weighted by atomic mass is 16.5. The molecule has 1 saturated carbocycles. The Morgan fingerprint density at radius 2 is 2.12 bits per heavy atom. The molecule has 0 bridgehead atoms. The highest BCUT2D eigenvalue weighted by molar-refractivity contribution is 5.95. The smallest absolute Gasteiger partial charge is 0.233 e. The van der Waals surface area contributed by atoms with E-state index in [2.05, 4.69) is 5.32 Å². The maximum atomic E-state index is 11.8. The van der Waals surface area contributed by atoms with Crippen molar-refractivity contribution in [3.05, 3.63) is 29.8 Å². The van der Waals surface area contributed by atoms with Gasteiger partial charge in [-0.3, -0.25) is 4.79 Å². The molecule has 1 heterocycles. The summed E-state index contributed by atoms with van der Waals surface area (Å²) in [5, 5.41) is 12.1. The van der Waals surface area contributed by atoms with E-state index in [0.29, 0.717) is 0 Å². The van der Waals surface area contributed by atoms with Crippen molar-refractivity contribution in [1.29, 1.82) is 0 Å². The zero-order valence-corrected chi connectivity index (χ0v) is 8.93. The first-order valence-corrected chi connectivity index (χ1v) is 5.32. The number of benzene rings is 1. The van der Waals surface area contributed by atoms with Crippen LogP contribution in [0.1, 0.15) is 12.0 Å². The summed E-state index contributed by atoms with van der Waals surface area (Å²) in [4.78, 5) is 11.8. The highest BCUT2D eigenvalue weighted by Crippen LogP contribution is 2.59. The van der Waals surface area contributed by atoms with Gasteiger partial charge in [0.25, 0.3) is 0 Å². The minimum absolute atomic E-state index is 0.0356. The van der Waals surface area contributed by atoms with Crippen LogP contribution < -0.4 is 10.1 Å². The van der Waals surface area contributed by atoms with Gasteiger partial charge in [0.15, 0.2) is 0 Å². The monoisotopic (exact) mass is 219 g/mol. The van der Waals surface area contributed by atoms with Gasteiger partial charge < -0.3 is 15.2 Å². The van der Waals surface area contributed by atoms with Crippen LogP contribution in [-0.4, -0.2) is 24.4 Å². The second kappa shape index (κ2) is 2.98. The van der Waals surface area contributed by atoms with Crippen molar-refractivity contribution in [2.45, 2.75) is 18.1 Å². The van der Waals surface area contributed by atoms with E-state index in [1.165, 1.54) is 0 Å². The minimum Gasteiger partial charge on any atom is -0.497 e. The van der Waals surface area contributed by atoms with Crippen molar-refractivity contribution in [2.24, 2.45) is 5.92 Å². The minimum atomic E-state index is -0.686. The molecule has 1 aliphatic heterocycles. The number of piperidine rings is 1. The van der Waals surface area contributed by atoms with Crippen LogP contribution in [-0.2, 0) is 10.2 Å². The van der Waals surface area contributed by atoms with Gasteiger partial charge in [0.2, 0.25) is 5.91 Å². The number of carbonyl (C=O) groups excluding carboxylic acids is 1. The summed E-state index contributed by atoms with van der Waals surface area (Å²) in [6, 6.07) is 7.49. The normalized spacial score (nSPS) is 35.5. The molecule has 2 aliphatic rings. The first-order valence-electron chi connectivity index (χ1n) is 5.32. The molecule has 0 spiro atoms. The predicted molar refractivity (Wildman–Crippen MR) is 56.9 cm³/mol. The van der Waals surface area contributed by atoms with Gasteiger partial charge in [-0.15, -0.1) is 0 Å². The molecule has 3 rings (SSSR count). The number of methoxy groups -OCH3 is 1. The van der Waals surface area contributed by atoms with Gasteiger partial charge in [0.05, 0.1) is 12.5 Å². The highest BCUT2D eigenvalue weighted by Gasteiger charge is 2.68. The summed E-state index contributed by atoms with van der Waals surface area (Å²) in [7, 11) is 1.61. The van der Waals surface area contributed by atoms with Gasteiger partial charge >= 0.3 is 0 Å². The molecule has 1 saturated heterocycles. The Labute approximate surface area is 93.2 Å². The molecule has 4 nitrogen and oxygen atoms in total. The zero-order chi connectivity index (χ0) is 11.3. The molecule has 3 atom stereocenters. The van der Waals surface area contributed by atoms with E-state index in [4.69, 9.17) is 4.74 Å². The summed E-state index contributed by atoms with van der Waals surface area (Å²) in [6.45, 7) is 0. The Morgan fingerprint density at radius 3 is 2.56 bits per heavy atom. The van der Waals surface area contributed by atoms with Gasteiger partial charge in [0, 0.05) is 5.92 Å². The predicted octanol–water partition coefficient (Wildman–Crippen LogP) is 0.401. The average Bonchev–Trinajstić information content (AvgIpc) is 3.00. The summed E-state index contributed by atoms with van der Waals surface area (Å²) in [6.07, 6.45) is 0.0568. The van der Waals surface area contributed by atoms with Crippen molar-refractivity contribution < 1.29 is 14.6 Å². The first-order chi connectivity index (χ1) is 7.68. The molecule has 2 N–H and O–H groups in total. The topological polar surface area (TPSA) is 58.6 Å². The quantitative estimate of drug-likeness (QED) is 0.757. The van der Waals surface area contributed by atoms with Crippen molar-refractivity contribution in [3.8, 4) is 5.75 Å². The van der Waals surface area contributed by atoms with Crippen molar-refractivity contribution in [3.63, 3.8) is 0 Å². The molecule has 0 radical (unpaired) electrons. The summed E-state index contributed by atoms with van der Waals surface area (Å²) in [5.41, 5.74) is 0.485. The number of fused-ring (bicyclic) bond motifs is 1. The first kappa shape index (κ1) is 9.66. The number of amides is 1. The fraction of sp³-hybridized carbons (Fsp3) is 0.417. The SMILES string of the molecule is COc1ccc(C23CC2C(O)NC3=O)cc1. The van der Waals surface area contributed by atoms with Gasteiger partial charge in [-0.1, -0.05) is 12.1 Å². The molecule has 3 unspecified atom stereocenters. The van der Waals surface area contributed by atoms with E-state index < -0.39 is 11.6 Å². The van der Waals surface area contributed by atoms with E-state index in [0.717, 1.165) is 17.7 Å². The molecular weight excluding hydrogens is 206 g/mol. The van der Waals surface area contributed by atoms with Crippen molar-refractivity contribution in [2.75, 3.05) is 7.11 Å². The van der Waals surface area contributed by atoms with Crippen molar-refractivity contribution in [1.82, 2.24) is 5.32 Å². The zero-order valence-electron chi connectivity index (χ0n) is 8.93. The summed E-state index contributed by atoms with van der Waals surface area (Å²) in [5.74, 6) is 0.750. The summed E-state index contributed by atoms with van der Waals surface area (Å²) >= 11 is 0. The largest absolute Gasteiger partial charge is 0.497 e. The number of hydrogen-bond donors (Lipinski definition) is 2. The van der Waals surface area contributed by atoms with E-state index in [1.807, 2.05) is 24.3 Å². The summed E-state index contributed by atoms with van der Waals surface area (Å²) < 4.78 is 5.08. The van der Waals surface area contributed by atoms with E-state index in [-0.39, 0.29) is 11.8 Å². The number of aliphatic hydroxyl groups excluding tert-OH is 1. The lowest BCUT2D eigenvalue weighted by atomic mass is 9.94. The lowest BCUT2D eigenvalue weighted by molar-refractivity contribution is -0.123. The second-order valence-electron chi connectivity index (χ2n) is 4.43. The van der Waals surface area contributed by atoms with Crippen LogP contribution in [0.2, 0.25) is 0 Å². The third-order valence-electron chi connectivity index (χ3n) is 3.69. The van der Waals surface area contributed by atoms with Crippen LogP contribution in [0.25, 0.3) is 0 Å². The lowest BCUT2D eigenvalue weighted by Crippen LogP contribution is -2.32. The maximum Gasteiger partial charge on any atom is 0.233 e. The number of hydrogen-bond acceptors (Lipinski definition) is 3. The number of rotatable bonds is 2. The molecular formula is C12H13NO3. The molecule has 16 heavy (non-hydrogen) atoms. The standard InChI is InChI=1S/C12H13NO3/c1-16-8-4-2-7(3-5-8)12-6-9(12)10(14)13-11(12)15/h2-5,9-10,14H,6H2,1H3,(H,13,15). The van der Waals surface area contributed by atoms with Gasteiger partial charge in [0.1, 0.15) is 12.0 Å². The molecule has 2 fully saturated rings. The molecule has 84 valence electrons. The van der Waals surface area contributed by atoms with E-state index in [1.54, 1.807) is 7.11 Å². The number of aliphatic hydroxyl groups is 1. The van der Waals surface area contributed by atoms with Crippen LogP contribution >= 0.6 is 0 Å². The van der Waals surface area contributed by atoms with Crippen LogP contribution in [0, 0.1) is 5.92 Å². The second-order valence-corrected chi connectivity index (χ2v) is 4.43. The molecule has 1 aliphatic carbocycles. The lowest BCUT2D eigenvalue weighted by Gasteiger charge is -2.11. The number of nitrogens with one attached hydrogen (secondary N) is 1. The van der Waals surface area contributed by atoms with Gasteiger partial charge in [-0.2, -0.15) is 0 Å². The van der Waals surface area contributed by atoms with Crippen LogP contribution in [0.3, 0.4) is 0 Å². The maximum absolute atomic E-state index is 11.8. The molecule has 1 aromatic carbocycles. The molecule has 1 aromatic rings. The number of ether oxygens (including phenoxy) is 1. The van der Waals surface area contributed by atoms with E-state index >= 15 is 0 Å². The Bertz CT molecular complexity index is 442. The molecule has 1 amide bonds. The molecule has 4 heteroatoms. The van der Waals surface area contributed by atoms with Gasteiger partial charge in [-0.25, -0.2) is 0 Å². The Morgan fingerprint density at radius 1 is 1.44 bits per heavy atom. The van der Waals surface area contributed by atoms with Gasteiger partial charge in [-0.05, 0) is 24.1 Å². The average molecular weight is 219 g/mol. The van der Waals surface area contributed by atoms with Crippen LogP contribution in [0.15, 0.2) is 24.3 Å². The Balaban J connectivity index is 1.96. The van der Waals surface area contributed by atoms with Crippen LogP contribution in [0.4, 0.5) is 0 Å². The number of carbonyl (C=O) groups is 1. The molecule has 0 aromatic heterocycles. The Kier molecular flexibility index (Phi) is 1.80. The fourth-order valence-electron chi connectivity index (χ4n) is 2.65. The van der Waals surface area contributed by atoms with Crippen molar-refractivity contribution >= 4 is 5.91 Å². The third kappa shape index (κ3) is 1.05. The Hall–Kier alpha value is -1.55. The van der Waals surface area contributed by atoms with Crippen LogP contribution in [0.5, 0.6) is 5.75 Å². The van der Waals surface area contributed by atoms with E-state index in [9.17, 15) is 9.90 Å². The third-order valence-corrected chi connectivity index (χ3v) is 3.69. The fourth-order valence-corrected chi connectivity index (χ4v) is 2.65.